The highest BCUT2D eigenvalue weighted by Gasteiger charge is 1.99. The van der Waals surface area contributed by atoms with Gasteiger partial charge in [-0.3, -0.25) is 0 Å². The van der Waals surface area contributed by atoms with E-state index in [1.807, 2.05) is 24.3 Å². The van der Waals surface area contributed by atoms with Crippen molar-refractivity contribution in [3.05, 3.63) is 39.9 Å². The van der Waals surface area contributed by atoms with E-state index in [1.165, 1.54) is 0 Å². The Kier molecular flexibility index (Phi) is 5.77. The third-order valence-corrected chi connectivity index (χ3v) is 2.88. The van der Waals surface area contributed by atoms with Crippen LogP contribution < -0.4 is 0 Å². The SMILES string of the molecule is [O]CCCC/C=C/c1cccc(Cl)c1Cl. The average Bonchev–Trinajstić information content (AvgIpc) is 2.24. The van der Waals surface area contributed by atoms with E-state index in [9.17, 15) is 5.11 Å². The van der Waals surface area contributed by atoms with Crippen LogP contribution in [0.5, 0.6) is 0 Å². The number of hydrogen-bond donors (Lipinski definition) is 0. The minimum absolute atomic E-state index is 0.00572. The van der Waals surface area contributed by atoms with Crippen molar-refractivity contribution < 1.29 is 5.11 Å². The molecular weight excluding hydrogens is 231 g/mol. The fourth-order valence-electron chi connectivity index (χ4n) is 1.22. The number of unbranched alkanes of at least 4 members (excludes halogenated alkanes) is 2. The number of rotatable bonds is 5. The van der Waals surface area contributed by atoms with E-state index in [0.29, 0.717) is 10.0 Å². The Morgan fingerprint density at radius 3 is 2.73 bits per heavy atom. The molecule has 1 nitrogen and oxygen atoms in total. The highest BCUT2D eigenvalue weighted by molar-refractivity contribution is 6.42. The molecule has 81 valence electrons. The first-order chi connectivity index (χ1) is 7.25. The van der Waals surface area contributed by atoms with Gasteiger partial charge in [-0.05, 0) is 30.9 Å². The Morgan fingerprint density at radius 1 is 1.20 bits per heavy atom. The van der Waals surface area contributed by atoms with Gasteiger partial charge >= 0.3 is 0 Å². The molecule has 0 aliphatic rings. The van der Waals surface area contributed by atoms with Crippen molar-refractivity contribution in [2.75, 3.05) is 6.61 Å². The molecule has 0 aromatic heterocycles. The zero-order valence-electron chi connectivity index (χ0n) is 8.38. The highest BCUT2D eigenvalue weighted by atomic mass is 35.5. The lowest BCUT2D eigenvalue weighted by atomic mass is 10.1. The van der Waals surface area contributed by atoms with Gasteiger partial charge in [-0.1, -0.05) is 47.5 Å². The van der Waals surface area contributed by atoms with Gasteiger partial charge in [-0.15, -0.1) is 0 Å². The summed E-state index contributed by atoms with van der Waals surface area (Å²) >= 11 is 11.9. The summed E-state index contributed by atoms with van der Waals surface area (Å²) in [7, 11) is 0. The molecule has 0 amide bonds. The van der Waals surface area contributed by atoms with Crippen LogP contribution in [0.25, 0.3) is 6.08 Å². The zero-order valence-corrected chi connectivity index (χ0v) is 9.89. The van der Waals surface area contributed by atoms with Crippen LogP contribution in [0.3, 0.4) is 0 Å². The number of halogens is 2. The second kappa shape index (κ2) is 6.89. The molecule has 0 aliphatic carbocycles. The fraction of sp³-hybridized carbons (Fsp3) is 0.333. The molecule has 0 aliphatic heterocycles. The predicted molar refractivity (Wildman–Crippen MR) is 64.9 cm³/mol. The van der Waals surface area contributed by atoms with Crippen LogP contribution >= 0.6 is 23.2 Å². The molecule has 1 radical (unpaired) electrons. The molecule has 0 bridgehead atoms. The minimum Gasteiger partial charge on any atom is -0.237 e. The summed E-state index contributed by atoms with van der Waals surface area (Å²) in [6.07, 6.45) is 6.53. The van der Waals surface area contributed by atoms with Gasteiger partial charge in [0.2, 0.25) is 0 Å². The molecule has 0 fully saturated rings. The Labute approximate surface area is 100 Å². The van der Waals surface area contributed by atoms with E-state index >= 15 is 0 Å². The number of hydrogen-bond acceptors (Lipinski definition) is 0. The van der Waals surface area contributed by atoms with Crippen molar-refractivity contribution in [2.24, 2.45) is 0 Å². The van der Waals surface area contributed by atoms with Gasteiger partial charge in [-0.25, -0.2) is 5.11 Å². The third kappa shape index (κ3) is 4.25. The van der Waals surface area contributed by atoms with Gasteiger partial charge in [0.25, 0.3) is 0 Å². The van der Waals surface area contributed by atoms with E-state index in [2.05, 4.69) is 0 Å². The molecule has 0 N–H and O–H groups in total. The maximum atomic E-state index is 10.2. The molecule has 0 saturated heterocycles. The van der Waals surface area contributed by atoms with Gasteiger partial charge < -0.3 is 0 Å². The predicted octanol–water partition coefficient (Wildman–Crippen LogP) is 4.61. The molecule has 3 heteroatoms. The van der Waals surface area contributed by atoms with Crippen molar-refractivity contribution in [3.8, 4) is 0 Å². The lowest BCUT2D eigenvalue weighted by Crippen LogP contribution is -1.79. The fourth-order valence-corrected chi connectivity index (χ4v) is 1.59. The second-order valence-corrected chi connectivity index (χ2v) is 4.03. The molecule has 0 spiro atoms. The lowest BCUT2D eigenvalue weighted by Gasteiger charge is -1.99. The van der Waals surface area contributed by atoms with E-state index < -0.39 is 0 Å². The summed E-state index contributed by atoms with van der Waals surface area (Å²) in [6.45, 7) is 0.00572. The first kappa shape index (κ1) is 12.6. The van der Waals surface area contributed by atoms with Gasteiger partial charge in [0.1, 0.15) is 0 Å². The van der Waals surface area contributed by atoms with Crippen LogP contribution in [0.1, 0.15) is 24.8 Å². The van der Waals surface area contributed by atoms with E-state index in [1.54, 1.807) is 6.07 Å². The van der Waals surface area contributed by atoms with Gasteiger partial charge in [0.05, 0.1) is 16.7 Å². The van der Waals surface area contributed by atoms with Crippen molar-refractivity contribution >= 4 is 29.3 Å². The van der Waals surface area contributed by atoms with E-state index in [-0.39, 0.29) is 6.61 Å². The normalized spacial score (nSPS) is 11.1. The molecule has 15 heavy (non-hydrogen) atoms. The summed E-state index contributed by atoms with van der Waals surface area (Å²) in [4.78, 5) is 0. The van der Waals surface area contributed by atoms with Crippen molar-refractivity contribution in [3.63, 3.8) is 0 Å². The first-order valence-electron chi connectivity index (χ1n) is 4.94. The quantitative estimate of drug-likeness (QED) is 0.674. The van der Waals surface area contributed by atoms with Crippen LogP contribution in [0.15, 0.2) is 24.3 Å². The summed E-state index contributed by atoms with van der Waals surface area (Å²) in [5.74, 6) is 0. The first-order valence-corrected chi connectivity index (χ1v) is 5.70. The largest absolute Gasteiger partial charge is 0.237 e. The molecule has 0 atom stereocenters. The van der Waals surface area contributed by atoms with Crippen LogP contribution in [0.2, 0.25) is 10.0 Å². The Bertz CT molecular complexity index is 334. The number of benzene rings is 1. The standard InChI is InChI=1S/C12H13Cl2O/c13-11-8-5-7-10(12(11)14)6-3-1-2-4-9-15/h3,5-8H,1-2,4,9H2/b6-3+. The third-order valence-electron chi connectivity index (χ3n) is 2.04. The van der Waals surface area contributed by atoms with Crippen LogP contribution in [-0.2, 0) is 5.11 Å². The van der Waals surface area contributed by atoms with E-state index in [0.717, 1.165) is 24.8 Å². The van der Waals surface area contributed by atoms with Crippen molar-refractivity contribution in [1.82, 2.24) is 0 Å². The smallest absolute Gasteiger partial charge is 0.0822 e. The minimum atomic E-state index is 0.00572. The molecule has 1 rings (SSSR count). The monoisotopic (exact) mass is 243 g/mol. The Morgan fingerprint density at radius 2 is 2.00 bits per heavy atom. The highest BCUT2D eigenvalue weighted by Crippen LogP contribution is 2.26. The molecule has 0 unspecified atom stereocenters. The van der Waals surface area contributed by atoms with Gasteiger partial charge in [0, 0.05) is 0 Å². The molecule has 0 heterocycles. The summed E-state index contributed by atoms with van der Waals surface area (Å²) in [5.41, 5.74) is 0.922. The van der Waals surface area contributed by atoms with Crippen LogP contribution in [0, 0.1) is 0 Å². The Balaban J connectivity index is 2.53. The zero-order chi connectivity index (χ0) is 11.1. The summed E-state index contributed by atoms with van der Waals surface area (Å²) < 4.78 is 0. The second-order valence-electron chi connectivity index (χ2n) is 3.25. The lowest BCUT2D eigenvalue weighted by molar-refractivity contribution is 0.187. The van der Waals surface area contributed by atoms with Gasteiger partial charge in [-0.2, -0.15) is 0 Å². The van der Waals surface area contributed by atoms with Crippen molar-refractivity contribution in [2.45, 2.75) is 19.3 Å². The Hall–Kier alpha value is -0.500. The van der Waals surface area contributed by atoms with E-state index in [4.69, 9.17) is 23.2 Å². The molecule has 0 saturated carbocycles. The van der Waals surface area contributed by atoms with Gasteiger partial charge in [0.15, 0.2) is 0 Å². The van der Waals surface area contributed by atoms with Crippen LogP contribution in [0.4, 0.5) is 0 Å². The molecule has 1 aromatic carbocycles. The molecule has 1 aromatic rings. The van der Waals surface area contributed by atoms with Crippen LogP contribution in [-0.4, -0.2) is 6.61 Å². The van der Waals surface area contributed by atoms with Crippen molar-refractivity contribution in [1.29, 1.82) is 0 Å². The number of allylic oxidation sites excluding steroid dienone is 1. The molecular formula is C12H13Cl2O. The maximum Gasteiger partial charge on any atom is 0.0822 e. The summed E-state index contributed by atoms with van der Waals surface area (Å²) in [6, 6.07) is 5.54. The topological polar surface area (TPSA) is 19.9 Å². The summed E-state index contributed by atoms with van der Waals surface area (Å²) in [5, 5.41) is 11.3. The maximum absolute atomic E-state index is 10.2. The average molecular weight is 244 g/mol.